The molecule has 108 valence electrons. The number of benzene rings is 1. The fourth-order valence-corrected chi connectivity index (χ4v) is 3.04. The fraction of sp³-hybridized carbons (Fsp3) is 0.625. The highest BCUT2D eigenvalue weighted by molar-refractivity contribution is 9.10. The first-order chi connectivity index (χ1) is 9.11. The van der Waals surface area contributed by atoms with Gasteiger partial charge in [0.1, 0.15) is 5.75 Å². The first-order valence-corrected chi connectivity index (χ1v) is 7.88. The summed E-state index contributed by atoms with van der Waals surface area (Å²) in [6, 6.07) is 2.14. The standard InChI is InChI=1S/C16H26BrNO/c1-12-11-15(17)13(2)14(16(12)19-4)9-7-5-6-8-10-18-3/h11,18H,5-10H2,1-4H3. The van der Waals surface area contributed by atoms with Crippen LogP contribution in [0.5, 0.6) is 5.75 Å². The van der Waals surface area contributed by atoms with Crippen molar-refractivity contribution in [1.82, 2.24) is 5.32 Å². The Morgan fingerprint density at radius 3 is 2.47 bits per heavy atom. The lowest BCUT2D eigenvalue weighted by atomic mass is 9.98. The minimum absolute atomic E-state index is 1.07. The van der Waals surface area contributed by atoms with E-state index < -0.39 is 0 Å². The van der Waals surface area contributed by atoms with Crippen molar-refractivity contribution < 1.29 is 4.74 Å². The molecular formula is C16H26BrNO. The molecule has 1 aromatic rings. The molecule has 1 aromatic carbocycles. The number of ether oxygens (including phenoxy) is 1. The van der Waals surface area contributed by atoms with Gasteiger partial charge in [-0.2, -0.15) is 0 Å². The van der Waals surface area contributed by atoms with Crippen LogP contribution >= 0.6 is 15.9 Å². The predicted molar refractivity (Wildman–Crippen MR) is 86.3 cm³/mol. The number of hydrogen-bond donors (Lipinski definition) is 1. The van der Waals surface area contributed by atoms with Crippen molar-refractivity contribution in [2.24, 2.45) is 0 Å². The van der Waals surface area contributed by atoms with E-state index in [-0.39, 0.29) is 0 Å². The number of unbranched alkanes of at least 4 members (excludes halogenated alkanes) is 3. The Morgan fingerprint density at radius 1 is 1.16 bits per heavy atom. The Kier molecular flexibility index (Phi) is 7.47. The molecule has 0 heterocycles. The molecule has 0 saturated heterocycles. The zero-order valence-corrected chi connectivity index (χ0v) is 14.2. The third-order valence-corrected chi connectivity index (χ3v) is 4.42. The summed E-state index contributed by atoms with van der Waals surface area (Å²) in [5, 5.41) is 3.19. The molecule has 2 nitrogen and oxygen atoms in total. The Labute approximate surface area is 126 Å². The molecule has 0 fully saturated rings. The summed E-state index contributed by atoms with van der Waals surface area (Å²) < 4.78 is 6.77. The largest absolute Gasteiger partial charge is 0.496 e. The van der Waals surface area contributed by atoms with E-state index in [9.17, 15) is 0 Å². The van der Waals surface area contributed by atoms with Gasteiger partial charge in [0.05, 0.1) is 7.11 Å². The maximum atomic E-state index is 5.58. The minimum atomic E-state index is 1.07. The minimum Gasteiger partial charge on any atom is -0.496 e. The Bertz CT molecular complexity index is 404. The quantitative estimate of drug-likeness (QED) is 0.714. The highest BCUT2D eigenvalue weighted by Gasteiger charge is 2.12. The SMILES string of the molecule is CNCCCCCCc1c(C)c(Br)cc(C)c1OC. The van der Waals surface area contributed by atoms with Crippen molar-refractivity contribution >= 4 is 15.9 Å². The normalized spacial score (nSPS) is 10.8. The molecule has 0 unspecified atom stereocenters. The van der Waals surface area contributed by atoms with Gasteiger partial charge in [-0.1, -0.05) is 28.8 Å². The third-order valence-electron chi connectivity index (χ3n) is 3.59. The van der Waals surface area contributed by atoms with Crippen LogP contribution in [0.25, 0.3) is 0 Å². The lowest BCUT2D eigenvalue weighted by Crippen LogP contribution is -2.07. The van der Waals surface area contributed by atoms with Crippen LogP contribution in [-0.2, 0) is 6.42 Å². The molecule has 0 radical (unpaired) electrons. The van der Waals surface area contributed by atoms with E-state index in [0.717, 1.165) is 18.7 Å². The predicted octanol–water partition coefficient (Wildman–Crippen LogP) is 4.40. The molecule has 0 saturated carbocycles. The molecule has 3 heteroatoms. The highest BCUT2D eigenvalue weighted by Crippen LogP contribution is 2.33. The summed E-state index contributed by atoms with van der Waals surface area (Å²) in [4.78, 5) is 0. The summed E-state index contributed by atoms with van der Waals surface area (Å²) in [6.07, 6.45) is 6.20. The lowest BCUT2D eigenvalue weighted by Gasteiger charge is -2.16. The first-order valence-electron chi connectivity index (χ1n) is 7.09. The molecule has 0 atom stereocenters. The molecule has 0 aliphatic heterocycles. The lowest BCUT2D eigenvalue weighted by molar-refractivity contribution is 0.405. The summed E-state index contributed by atoms with van der Waals surface area (Å²) in [6.45, 7) is 5.40. The van der Waals surface area contributed by atoms with Gasteiger partial charge in [0, 0.05) is 4.47 Å². The van der Waals surface area contributed by atoms with E-state index in [2.05, 4.69) is 41.2 Å². The van der Waals surface area contributed by atoms with Gasteiger partial charge < -0.3 is 10.1 Å². The topological polar surface area (TPSA) is 21.3 Å². The Morgan fingerprint density at radius 2 is 1.84 bits per heavy atom. The van der Waals surface area contributed by atoms with Gasteiger partial charge in [0.15, 0.2) is 0 Å². The highest BCUT2D eigenvalue weighted by atomic mass is 79.9. The zero-order chi connectivity index (χ0) is 14.3. The van der Waals surface area contributed by atoms with Crippen LogP contribution in [0.15, 0.2) is 10.5 Å². The second-order valence-electron chi connectivity index (χ2n) is 5.08. The summed E-state index contributed by atoms with van der Waals surface area (Å²) in [7, 11) is 3.78. The van der Waals surface area contributed by atoms with E-state index >= 15 is 0 Å². The number of halogens is 1. The monoisotopic (exact) mass is 327 g/mol. The number of hydrogen-bond acceptors (Lipinski definition) is 2. The van der Waals surface area contributed by atoms with Crippen LogP contribution in [0, 0.1) is 13.8 Å². The van der Waals surface area contributed by atoms with Crippen LogP contribution in [0.4, 0.5) is 0 Å². The molecule has 0 aromatic heterocycles. The van der Waals surface area contributed by atoms with E-state index in [1.165, 1.54) is 46.8 Å². The number of methoxy groups -OCH3 is 1. The zero-order valence-electron chi connectivity index (χ0n) is 12.6. The molecule has 19 heavy (non-hydrogen) atoms. The second kappa shape index (κ2) is 8.60. The van der Waals surface area contributed by atoms with E-state index in [1.807, 2.05) is 7.05 Å². The average Bonchev–Trinajstić information content (AvgIpc) is 2.39. The Balaban J connectivity index is 2.61. The van der Waals surface area contributed by atoms with Crippen molar-refractivity contribution in [2.75, 3.05) is 20.7 Å². The van der Waals surface area contributed by atoms with Gasteiger partial charge in [-0.05, 0) is 69.5 Å². The van der Waals surface area contributed by atoms with E-state index in [4.69, 9.17) is 4.74 Å². The maximum Gasteiger partial charge on any atom is 0.125 e. The molecule has 0 spiro atoms. The van der Waals surface area contributed by atoms with Gasteiger partial charge in [0.25, 0.3) is 0 Å². The van der Waals surface area contributed by atoms with E-state index in [1.54, 1.807) is 7.11 Å². The van der Waals surface area contributed by atoms with Crippen molar-refractivity contribution in [3.8, 4) is 5.75 Å². The molecule has 0 aliphatic rings. The van der Waals surface area contributed by atoms with Crippen molar-refractivity contribution in [3.05, 3.63) is 27.2 Å². The van der Waals surface area contributed by atoms with Gasteiger partial charge in [0.2, 0.25) is 0 Å². The van der Waals surface area contributed by atoms with Gasteiger partial charge in [-0.15, -0.1) is 0 Å². The summed E-state index contributed by atoms with van der Waals surface area (Å²) >= 11 is 3.64. The number of nitrogens with one attached hydrogen (secondary N) is 1. The molecule has 1 rings (SSSR count). The van der Waals surface area contributed by atoms with Gasteiger partial charge in [-0.25, -0.2) is 0 Å². The molecule has 0 amide bonds. The van der Waals surface area contributed by atoms with Gasteiger partial charge in [-0.3, -0.25) is 0 Å². The van der Waals surface area contributed by atoms with Crippen LogP contribution in [0.2, 0.25) is 0 Å². The van der Waals surface area contributed by atoms with Gasteiger partial charge >= 0.3 is 0 Å². The molecule has 0 bridgehead atoms. The molecular weight excluding hydrogens is 302 g/mol. The third kappa shape index (κ3) is 4.81. The van der Waals surface area contributed by atoms with Crippen LogP contribution in [0.1, 0.15) is 42.4 Å². The number of rotatable bonds is 8. The number of aryl methyl sites for hydroxylation is 1. The Hall–Kier alpha value is -0.540. The first kappa shape index (κ1) is 16.5. The van der Waals surface area contributed by atoms with Crippen molar-refractivity contribution in [2.45, 2.75) is 46.0 Å². The van der Waals surface area contributed by atoms with Crippen LogP contribution < -0.4 is 10.1 Å². The van der Waals surface area contributed by atoms with Crippen molar-refractivity contribution in [3.63, 3.8) is 0 Å². The van der Waals surface area contributed by atoms with Crippen LogP contribution in [-0.4, -0.2) is 20.7 Å². The summed E-state index contributed by atoms with van der Waals surface area (Å²) in [5.41, 5.74) is 3.89. The van der Waals surface area contributed by atoms with E-state index in [0.29, 0.717) is 0 Å². The van der Waals surface area contributed by atoms with Crippen LogP contribution in [0.3, 0.4) is 0 Å². The molecule has 1 N–H and O–H groups in total. The average molecular weight is 328 g/mol. The van der Waals surface area contributed by atoms with Crippen molar-refractivity contribution in [1.29, 1.82) is 0 Å². The molecule has 0 aliphatic carbocycles. The second-order valence-corrected chi connectivity index (χ2v) is 5.93. The summed E-state index contributed by atoms with van der Waals surface area (Å²) in [5.74, 6) is 1.07. The maximum absolute atomic E-state index is 5.58. The fourth-order valence-electron chi connectivity index (χ4n) is 2.46. The smallest absolute Gasteiger partial charge is 0.125 e.